The van der Waals surface area contributed by atoms with Gasteiger partial charge in [0, 0.05) is 18.7 Å². The van der Waals surface area contributed by atoms with Crippen molar-refractivity contribution >= 4 is 5.91 Å². The molecule has 0 radical (unpaired) electrons. The minimum absolute atomic E-state index is 0.0235. The summed E-state index contributed by atoms with van der Waals surface area (Å²) in [7, 11) is 3.09. The first-order valence-electron chi connectivity index (χ1n) is 9.51. The van der Waals surface area contributed by atoms with Gasteiger partial charge in [-0.1, -0.05) is 48.5 Å². The predicted octanol–water partition coefficient (Wildman–Crippen LogP) is 3.63. The maximum atomic E-state index is 13.3. The molecule has 0 spiro atoms. The number of hydrogen-bond donors (Lipinski definition) is 0. The van der Waals surface area contributed by atoms with Gasteiger partial charge in [0.25, 0.3) is 5.91 Å². The van der Waals surface area contributed by atoms with Gasteiger partial charge in [-0.3, -0.25) is 4.79 Å². The Morgan fingerprint density at radius 1 is 1.03 bits per heavy atom. The van der Waals surface area contributed by atoms with E-state index < -0.39 is 0 Å². The van der Waals surface area contributed by atoms with Crippen LogP contribution in [0, 0.1) is 5.92 Å². The molecule has 1 aliphatic rings. The van der Waals surface area contributed by atoms with Crippen molar-refractivity contribution in [2.75, 3.05) is 27.3 Å². The van der Waals surface area contributed by atoms with E-state index in [2.05, 4.69) is 17.1 Å². The van der Waals surface area contributed by atoms with Crippen LogP contribution >= 0.6 is 0 Å². The molecule has 150 valence electrons. The molecular weight excluding hydrogens is 370 g/mol. The van der Waals surface area contributed by atoms with Crippen molar-refractivity contribution in [1.82, 2.24) is 15.0 Å². The molecule has 7 nitrogen and oxygen atoms in total. The van der Waals surface area contributed by atoms with Crippen molar-refractivity contribution in [3.05, 3.63) is 60.0 Å². The van der Waals surface area contributed by atoms with Crippen molar-refractivity contribution in [2.45, 2.75) is 12.8 Å². The van der Waals surface area contributed by atoms with E-state index >= 15 is 0 Å². The fourth-order valence-corrected chi connectivity index (χ4v) is 3.76. The zero-order chi connectivity index (χ0) is 20.4. The van der Waals surface area contributed by atoms with Crippen LogP contribution in [-0.2, 0) is 0 Å². The molecule has 1 fully saturated rings. The smallest absolute Gasteiger partial charge is 0.261 e. The van der Waals surface area contributed by atoms with Crippen molar-refractivity contribution in [1.29, 1.82) is 0 Å². The minimum atomic E-state index is -0.128. The number of benzene rings is 2. The first-order chi connectivity index (χ1) is 14.1. The molecule has 0 bridgehead atoms. The van der Waals surface area contributed by atoms with Gasteiger partial charge in [-0.05, 0) is 18.1 Å². The molecule has 1 aliphatic heterocycles. The quantitative estimate of drug-likeness (QED) is 0.659. The number of nitrogens with zero attached hydrogens (tertiary/aromatic N) is 3. The number of carbonyl (C=O) groups excluding carboxylic acids is 1. The van der Waals surface area contributed by atoms with Crippen molar-refractivity contribution in [2.24, 2.45) is 5.92 Å². The standard InChI is InChI=1S/C22H23N3O4/c1-14-12-25(22(26)19-17(27-2)10-7-11-18(19)28-3)13-16(14)21-23-20(24-29-21)15-8-5-4-6-9-15/h4-11,14,16H,12-13H2,1-3H3. The van der Waals surface area contributed by atoms with Gasteiger partial charge in [-0.15, -0.1) is 0 Å². The molecule has 1 aromatic heterocycles. The van der Waals surface area contributed by atoms with E-state index in [1.165, 1.54) is 0 Å². The predicted molar refractivity (Wildman–Crippen MR) is 107 cm³/mol. The van der Waals surface area contributed by atoms with E-state index in [0.29, 0.717) is 41.9 Å². The Balaban J connectivity index is 1.57. The third-order valence-corrected chi connectivity index (χ3v) is 5.33. The lowest BCUT2D eigenvalue weighted by Crippen LogP contribution is -2.29. The number of carbonyl (C=O) groups is 1. The second-order valence-corrected chi connectivity index (χ2v) is 7.15. The summed E-state index contributed by atoms with van der Waals surface area (Å²) >= 11 is 0. The zero-order valence-electron chi connectivity index (χ0n) is 16.7. The molecule has 0 N–H and O–H groups in total. The number of aromatic nitrogens is 2. The van der Waals surface area contributed by atoms with Crippen LogP contribution < -0.4 is 9.47 Å². The number of methoxy groups -OCH3 is 2. The van der Waals surface area contributed by atoms with Gasteiger partial charge in [0.05, 0.1) is 20.1 Å². The maximum absolute atomic E-state index is 13.3. The lowest BCUT2D eigenvalue weighted by molar-refractivity contribution is 0.0779. The van der Waals surface area contributed by atoms with Gasteiger partial charge in [-0.25, -0.2) is 0 Å². The molecule has 2 unspecified atom stereocenters. The summed E-state index contributed by atoms with van der Waals surface area (Å²) in [5, 5.41) is 4.12. The fraction of sp³-hybridized carbons (Fsp3) is 0.318. The molecule has 1 amide bonds. The molecule has 3 aromatic rings. The van der Waals surface area contributed by atoms with E-state index in [4.69, 9.17) is 14.0 Å². The van der Waals surface area contributed by atoms with Crippen LogP contribution in [0.1, 0.15) is 29.1 Å². The topological polar surface area (TPSA) is 77.7 Å². The van der Waals surface area contributed by atoms with Crippen LogP contribution in [0.2, 0.25) is 0 Å². The highest BCUT2D eigenvalue weighted by atomic mass is 16.5. The Bertz CT molecular complexity index is 980. The van der Waals surface area contributed by atoms with E-state index in [0.717, 1.165) is 5.56 Å². The van der Waals surface area contributed by atoms with E-state index in [1.54, 1.807) is 37.3 Å². The van der Waals surface area contributed by atoms with Crippen molar-refractivity contribution in [3.8, 4) is 22.9 Å². The van der Waals surface area contributed by atoms with Crippen LogP contribution in [0.4, 0.5) is 0 Å². The Morgan fingerprint density at radius 3 is 2.38 bits per heavy atom. The molecule has 7 heteroatoms. The largest absolute Gasteiger partial charge is 0.496 e. The summed E-state index contributed by atoms with van der Waals surface area (Å²) in [6.45, 7) is 3.18. The molecular formula is C22H23N3O4. The first-order valence-corrected chi connectivity index (χ1v) is 9.51. The molecule has 0 saturated carbocycles. The van der Waals surface area contributed by atoms with Crippen LogP contribution in [0.3, 0.4) is 0 Å². The van der Waals surface area contributed by atoms with Gasteiger partial charge >= 0.3 is 0 Å². The Labute approximate surface area is 169 Å². The monoisotopic (exact) mass is 393 g/mol. The Kier molecular flexibility index (Phi) is 5.20. The highest BCUT2D eigenvalue weighted by Gasteiger charge is 2.38. The molecule has 1 saturated heterocycles. The van der Waals surface area contributed by atoms with Crippen molar-refractivity contribution in [3.63, 3.8) is 0 Å². The number of ether oxygens (including phenoxy) is 2. The van der Waals surface area contributed by atoms with Gasteiger partial charge in [0.2, 0.25) is 11.7 Å². The molecule has 0 aliphatic carbocycles. The van der Waals surface area contributed by atoms with Gasteiger partial charge in [0.15, 0.2) is 0 Å². The molecule has 2 atom stereocenters. The van der Waals surface area contributed by atoms with Crippen LogP contribution in [-0.4, -0.2) is 48.3 Å². The number of rotatable bonds is 5. The van der Waals surface area contributed by atoms with Crippen LogP contribution in [0.5, 0.6) is 11.5 Å². The number of hydrogen-bond acceptors (Lipinski definition) is 6. The highest BCUT2D eigenvalue weighted by Crippen LogP contribution is 2.36. The molecule has 29 heavy (non-hydrogen) atoms. The van der Waals surface area contributed by atoms with Gasteiger partial charge in [0.1, 0.15) is 17.1 Å². The van der Waals surface area contributed by atoms with E-state index in [9.17, 15) is 4.79 Å². The average molecular weight is 393 g/mol. The summed E-state index contributed by atoms with van der Waals surface area (Å²) in [5.74, 6) is 2.14. The first kappa shape index (κ1) is 19.0. The third-order valence-electron chi connectivity index (χ3n) is 5.33. The fourth-order valence-electron chi connectivity index (χ4n) is 3.76. The van der Waals surface area contributed by atoms with Gasteiger partial charge < -0.3 is 18.9 Å². The summed E-state index contributed by atoms with van der Waals surface area (Å²) in [4.78, 5) is 19.6. The van der Waals surface area contributed by atoms with E-state index in [-0.39, 0.29) is 17.7 Å². The third kappa shape index (κ3) is 3.55. The van der Waals surface area contributed by atoms with Gasteiger partial charge in [-0.2, -0.15) is 4.98 Å². The summed E-state index contributed by atoms with van der Waals surface area (Å²) in [6, 6.07) is 15.0. The summed E-state index contributed by atoms with van der Waals surface area (Å²) < 4.78 is 16.3. The minimum Gasteiger partial charge on any atom is -0.496 e. The average Bonchev–Trinajstić information content (AvgIpc) is 3.40. The summed E-state index contributed by atoms with van der Waals surface area (Å²) in [5.41, 5.74) is 1.33. The van der Waals surface area contributed by atoms with Crippen molar-refractivity contribution < 1.29 is 18.8 Å². The lowest BCUT2D eigenvalue weighted by atomic mass is 9.98. The normalized spacial score (nSPS) is 18.7. The van der Waals surface area contributed by atoms with E-state index in [1.807, 2.05) is 30.3 Å². The number of amides is 1. The second-order valence-electron chi connectivity index (χ2n) is 7.15. The Morgan fingerprint density at radius 2 is 1.72 bits per heavy atom. The number of likely N-dealkylation sites (tertiary alicyclic amines) is 1. The Hall–Kier alpha value is -3.35. The molecule has 4 rings (SSSR count). The molecule has 2 heterocycles. The zero-order valence-corrected chi connectivity index (χ0v) is 16.7. The van der Waals surface area contributed by atoms with Crippen LogP contribution in [0.25, 0.3) is 11.4 Å². The van der Waals surface area contributed by atoms with Crippen LogP contribution in [0.15, 0.2) is 53.1 Å². The SMILES string of the molecule is COc1cccc(OC)c1C(=O)N1CC(C)C(c2nc(-c3ccccc3)no2)C1. The second kappa shape index (κ2) is 7.95. The maximum Gasteiger partial charge on any atom is 0.261 e. The lowest BCUT2D eigenvalue weighted by Gasteiger charge is -2.19. The summed E-state index contributed by atoms with van der Waals surface area (Å²) in [6.07, 6.45) is 0. The highest BCUT2D eigenvalue weighted by molar-refractivity contribution is 6.00. The molecule has 2 aromatic carbocycles.